The van der Waals surface area contributed by atoms with E-state index >= 15 is 0 Å². The van der Waals surface area contributed by atoms with Gasteiger partial charge in [-0.05, 0) is 42.7 Å². The summed E-state index contributed by atoms with van der Waals surface area (Å²) >= 11 is 0. The quantitative estimate of drug-likeness (QED) is 0.336. The van der Waals surface area contributed by atoms with Crippen molar-refractivity contribution < 1.29 is 13.5 Å². The number of guanidine groups is 1. The molecule has 1 saturated heterocycles. The summed E-state index contributed by atoms with van der Waals surface area (Å²) in [6.07, 6.45) is 4.57. The molecule has 1 aromatic carbocycles. The fraction of sp³-hybridized carbons (Fsp3) is 0.476. The van der Waals surface area contributed by atoms with E-state index in [2.05, 4.69) is 20.5 Å². The Morgan fingerprint density at radius 3 is 2.72 bits per heavy atom. The zero-order chi connectivity index (χ0) is 19.8. The summed E-state index contributed by atoms with van der Waals surface area (Å²) < 4.78 is 24.2. The Morgan fingerprint density at radius 1 is 1.31 bits per heavy atom. The predicted molar refractivity (Wildman–Crippen MR) is 124 cm³/mol. The van der Waals surface area contributed by atoms with Crippen LogP contribution in [0.1, 0.15) is 24.2 Å². The molecule has 160 valence electrons. The van der Waals surface area contributed by atoms with Gasteiger partial charge < -0.3 is 19.8 Å². The Kier molecular flexibility index (Phi) is 9.72. The number of hydrogen-bond donors (Lipinski definition) is 2. The van der Waals surface area contributed by atoms with Gasteiger partial charge in [0.1, 0.15) is 5.76 Å². The van der Waals surface area contributed by atoms with E-state index in [1.165, 1.54) is 7.11 Å². The second-order valence-electron chi connectivity index (χ2n) is 6.99. The van der Waals surface area contributed by atoms with Crippen molar-refractivity contribution in [3.8, 4) is 5.75 Å². The van der Waals surface area contributed by atoms with Gasteiger partial charge >= 0.3 is 0 Å². The van der Waals surface area contributed by atoms with Crippen molar-refractivity contribution in [3.05, 3.63) is 53.7 Å². The summed E-state index contributed by atoms with van der Waals surface area (Å²) in [5.74, 6) is 1.77. The molecule has 1 aromatic heterocycles. The molecule has 0 atom stereocenters. The normalized spacial score (nSPS) is 15.6. The van der Waals surface area contributed by atoms with Crippen LogP contribution in [0.3, 0.4) is 0 Å². The Morgan fingerprint density at radius 2 is 2.10 bits per heavy atom. The maximum Gasteiger partial charge on any atom is 0.191 e. The molecule has 6 nitrogen and oxygen atoms in total. The number of nitrogens with zero attached hydrogens (tertiary/aromatic N) is 2. The standard InChI is InChI=1S/C21H29FN4O2.HI/c1-23-21(24-10-7-18-4-3-13-28-18)25-17-8-11-26(12-9-17)15-16-5-6-20(27-2)19(22)14-16;/h3-6,13-14,17H,7-12,15H2,1-2H3,(H2,23,24,25);1H. The molecule has 0 saturated carbocycles. The first kappa shape index (κ1) is 23.5. The molecule has 1 aliphatic rings. The van der Waals surface area contributed by atoms with Crippen LogP contribution in [0.4, 0.5) is 4.39 Å². The number of nitrogens with one attached hydrogen (secondary N) is 2. The molecule has 0 amide bonds. The van der Waals surface area contributed by atoms with Gasteiger partial charge in [-0.2, -0.15) is 0 Å². The van der Waals surface area contributed by atoms with E-state index < -0.39 is 0 Å². The lowest BCUT2D eigenvalue weighted by Gasteiger charge is -2.33. The molecule has 3 rings (SSSR count). The van der Waals surface area contributed by atoms with Crippen LogP contribution in [-0.4, -0.2) is 50.7 Å². The van der Waals surface area contributed by atoms with Crippen LogP contribution in [0.2, 0.25) is 0 Å². The average molecular weight is 516 g/mol. The molecule has 29 heavy (non-hydrogen) atoms. The van der Waals surface area contributed by atoms with Crippen molar-refractivity contribution in [2.45, 2.75) is 31.8 Å². The molecule has 2 heterocycles. The summed E-state index contributed by atoms with van der Waals surface area (Å²) in [5, 5.41) is 6.83. The zero-order valence-corrected chi connectivity index (χ0v) is 19.3. The van der Waals surface area contributed by atoms with E-state index in [1.807, 2.05) is 18.2 Å². The van der Waals surface area contributed by atoms with E-state index in [9.17, 15) is 4.39 Å². The van der Waals surface area contributed by atoms with Crippen LogP contribution in [-0.2, 0) is 13.0 Å². The third kappa shape index (κ3) is 7.18. The minimum Gasteiger partial charge on any atom is -0.494 e. The number of furan rings is 1. The molecule has 0 unspecified atom stereocenters. The molecular weight excluding hydrogens is 486 g/mol. The third-order valence-corrected chi connectivity index (χ3v) is 5.02. The van der Waals surface area contributed by atoms with Gasteiger partial charge in [0.2, 0.25) is 0 Å². The van der Waals surface area contributed by atoms with Crippen LogP contribution < -0.4 is 15.4 Å². The van der Waals surface area contributed by atoms with E-state index in [0.717, 1.165) is 62.7 Å². The number of rotatable bonds is 7. The summed E-state index contributed by atoms with van der Waals surface area (Å²) in [5.41, 5.74) is 0.972. The van der Waals surface area contributed by atoms with Gasteiger partial charge in [0.25, 0.3) is 0 Å². The number of piperidine rings is 1. The average Bonchev–Trinajstić information content (AvgIpc) is 3.22. The lowest BCUT2D eigenvalue weighted by Crippen LogP contribution is -2.48. The summed E-state index contributed by atoms with van der Waals surface area (Å²) in [4.78, 5) is 6.66. The molecule has 1 aliphatic heterocycles. The summed E-state index contributed by atoms with van der Waals surface area (Å²) in [6, 6.07) is 9.44. The number of likely N-dealkylation sites (tertiary alicyclic amines) is 1. The zero-order valence-electron chi connectivity index (χ0n) is 17.0. The lowest BCUT2D eigenvalue weighted by atomic mass is 10.0. The van der Waals surface area contributed by atoms with E-state index in [0.29, 0.717) is 6.04 Å². The fourth-order valence-corrected chi connectivity index (χ4v) is 3.45. The Balaban J connectivity index is 0.00000300. The SMILES string of the molecule is CN=C(NCCc1ccco1)NC1CCN(Cc2ccc(OC)c(F)c2)CC1.I. The highest BCUT2D eigenvalue weighted by molar-refractivity contribution is 14.0. The first-order valence-corrected chi connectivity index (χ1v) is 9.72. The molecule has 0 spiro atoms. The van der Waals surface area contributed by atoms with Gasteiger partial charge in [0, 0.05) is 45.7 Å². The maximum absolute atomic E-state index is 13.9. The third-order valence-electron chi connectivity index (χ3n) is 5.02. The van der Waals surface area contributed by atoms with Gasteiger partial charge in [-0.15, -0.1) is 24.0 Å². The van der Waals surface area contributed by atoms with Gasteiger partial charge in [-0.1, -0.05) is 6.07 Å². The fourth-order valence-electron chi connectivity index (χ4n) is 3.45. The second kappa shape index (κ2) is 12.0. The number of ether oxygens (including phenoxy) is 1. The van der Waals surface area contributed by atoms with Gasteiger partial charge in [-0.25, -0.2) is 4.39 Å². The number of methoxy groups -OCH3 is 1. The molecule has 0 radical (unpaired) electrons. The van der Waals surface area contributed by atoms with Crippen molar-refractivity contribution in [1.82, 2.24) is 15.5 Å². The molecule has 0 bridgehead atoms. The topological polar surface area (TPSA) is 62.0 Å². The number of aliphatic imine (C=N–C) groups is 1. The van der Waals surface area contributed by atoms with Crippen LogP contribution in [0.5, 0.6) is 5.75 Å². The van der Waals surface area contributed by atoms with Crippen molar-refractivity contribution in [3.63, 3.8) is 0 Å². The largest absolute Gasteiger partial charge is 0.494 e. The highest BCUT2D eigenvalue weighted by Gasteiger charge is 2.20. The Labute approximate surface area is 188 Å². The second-order valence-corrected chi connectivity index (χ2v) is 6.99. The molecule has 2 aromatic rings. The van der Waals surface area contributed by atoms with Crippen LogP contribution in [0.15, 0.2) is 46.0 Å². The Hall–Kier alpha value is -1.81. The van der Waals surface area contributed by atoms with E-state index in [1.54, 1.807) is 25.4 Å². The van der Waals surface area contributed by atoms with Crippen LogP contribution in [0, 0.1) is 5.82 Å². The van der Waals surface area contributed by atoms with Crippen LogP contribution in [0.25, 0.3) is 0 Å². The lowest BCUT2D eigenvalue weighted by molar-refractivity contribution is 0.198. The minimum atomic E-state index is -0.305. The number of benzene rings is 1. The minimum absolute atomic E-state index is 0. The summed E-state index contributed by atoms with van der Waals surface area (Å²) in [7, 11) is 3.27. The van der Waals surface area contributed by atoms with E-state index in [-0.39, 0.29) is 35.5 Å². The molecule has 0 aliphatic carbocycles. The highest BCUT2D eigenvalue weighted by atomic mass is 127. The predicted octanol–water partition coefficient (Wildman–Crippen LogP) is 3.42. The molecule has 2 N–H and O–H groups in total. The van der Waals surface area contributed by atoms with Crippen LogP contribution >= 0.6 is 24.0 Å². The first-order valence-electron chi connectivity index (χ1n) is 9.72. The van der Waals surface area contributed by atoms with Crippen molar-refractivity contribution in [2.75, 3.05) is 33.8 Å². The molecular formula is C21H30FIN4O2. The van der Waals surface area contributed by atoms with Crippen molar-refractivity contribution in [1.29, 1.82) is 0 Å². The maximum atomic E-state index is 13.9. The van der Waals surface area contributed by atoms with Gasteiger partial charge in [0.05, 0.1) is 13.4 Å². The van der Waals surface area contributed by atoms with E-state index in [4.69, 9.17) is 9.15 Å². The smallest absolute Gasteiger partial charge is 0.191 e. The van der Waals surface area contributed by atoms with Crippen molar-refractivity contribution >= 4 is 29.9 Å². The van der Waals surface area contributed by atoms with Gasteiger partial charge in [0.15, 0.2) is 17.5 Å². The van der Waals surface area contributed by atoms with Crippen molar-refractivity contribution in [2.24, 2.45) is 4.99 Å². The number of hydrogen-bond acceptors (Lipinski definition) is 4. The monoisotopic (exact) mass is 516 g/mol. The Bertz CT molecular complexity index is 762. The highest BCUT2D eigenvalue weighted by Crippen LogP contribution is 2.20. The molecule has 1 fully saturated rings. The molecule has 8 heteroatoms. The first-order chi connectivity index (χ1) is 13.7. The summed E-state index contributed by atoms with van der Waals surface area (Å²) in [6.45, 7) is 3.46. The number of halogens is 2. The van der Waals surface area contributed by atoms with Gasteiger partial charge in [-0.3, -0.25) is 9.89 Å².